The number of hydrogen-bond donors (Lipinski definition) is 0. The molecule has 0 radical (unpaired) electrons. The zero-order chi connectivity index (χ0) is 16.4. The Kier molecular flexibility index (Phi) is 4.25. The van der Waals surface area contributed by atoms with Gasteiger partial charge in [-0.15, -0.1) is 12.4 Å². The van der Waals surface area contributed by atoms with Gasteiger partial charge in [0, 0.05) is 42.3 Å². The first-order valence-electron chi connectivity index (χ1n) is 8.94. The molecule has 1 atom stereocenters. The van der Waals surface area contributed by atoms with Gasteiger partial charge in [-0.2, -0.15) is 0 Å². The number of piperidine rings is 3. The van der Waals surface area contributed by atoms with Crippen LogP contribution in [-0.2, 0) is 6.54 Å². The van der Waals surface area contributed by atoms with Gasteiger partial charge in [0.15, 0.2) is 0 Å². The van der Waals surface area contributed by atoms with Crippen LogP contribution in [0.15, 0.2) is 18.3 Å². The second kappa shape index (κ2) is 6.19. The third-order valence-corrected chi connectivity index (χ3v) is 6.45. The van der Waals surface area contributed by atoms with Gasteiger partial charge in [-0.1, -0.05) is 11.6 Å². The van der Waals surface area contributed by atoms with Crippen molar-refractivity contribution >= 4 is 40.8 Å². The second-order valence-electron chi connectivity index (χ2n) is 7.56. The third kappa shape index (κ3) is 2.57. The first-order valence-corrected chi connectivity index (χ1v) is 9.32. The van der Waals surface area contributed by atoms with Crippen LogP contribution in [0.3, 0.4) is 0 Å². The van der Waals surface area contributed by atoms with Crippen molar-refractivity contribution in [2.45, 2.75) is 32.4 Å². The molecule has 1 amide bonds. The molecule has 4 aliphatic heterocycles. The Balaban J connectivity index is 0.00000157. The summed E-state index contributed by atoms with van der Waals surface area (Å²) in [5, 5.41) is 1.77. The number of rotatable bonds is 1. The van der Waals surface area contributed by atoms with Crippen LogP contribution in [-0.4, -0.2) is 52.5 Å². The number of benzene rings is 1. The first kappa shape index (κ1) is 17.2. The van der Waals surface area contributed by atoms with Crippen LogP contribution in [0.25, 0.3) is 10.9 Å². The van der Waals surface area contributed by atoms with E-state index >= 15 is 0 Å². The molecule has 1 aromatic heterocycles. The van der Waals surface area contributed by atoms with Crippen LogP contribution in [0.1, 0.15) is 28.8 Å². The molecule has 1 aromatic carbocycles. The lowest BCUT2D eigenvalue weighted by atomic mass is 9.83. The molecule has 4 aliphatic rings. The Morgan fingerprint density at radius 3 is 2.56 bits per heavy atom. The van der Waals surface area contributed by atoms with Gasteiger partial charge in [-0.25, -0.2) is 0 Å². The quantitative estimate of drug-likeness (QED) is 0.757. The lowest BCUT2D eigenvalue weighted by Gasteiger charge is -2.48. The van der Waals surface area contributed by atoms with Crippen LogP contribution in [0.5, 0.6) is 0 Å². The lowest BCUT2D eigenvalue weighted by molar-refractivity contribution is 0.00727. The van der Waals surface area contributed by atoms with Gasteiger partial charge in [0.2, 0.25) is 0 Å². The molecule has 0 N–H and O–H groups in total. The minimum absolute atomic E-state index is 0. The number of nitrogens with zero attached hydrogens (tertiary/aromatic N) is 3. The van der Waals surface area contributed by atoms with Crippen molar-refractivity contribution < 1.29 is 4.79 Å². The highest BCUT2D eigenvalue weighted by Gasteiger charge is 2.40. The average molecular weight is 380 g/mol. The maximum Gasteiger partial charge on any atom is 0.256 e. The minimum Gasteiger partial charge on any atom is -0.345 e. The van der Waals surface area contributed by atoms with Gasteiger partial charge in [0.1, 0.15) is 0 Å². The van der Waals surface area contributed by atoms with E-state index in [-0.39, 0.29) is 18.3 Å². The van der Waals surface area contributed by atoms with E-state index < -0.39 is 0 Å². The Morgan fingerprint density at radius 1 is 1.12 bits per heavy atom. The SMILES string of the molecule is Cc1cn2c3c(cc(Cl)cc13)C(=O)N([C@@H]1CN3CCC1CC3)CC2.Cl. The molecule has 3 fully saturated rings. The predicted molar refractivity (Wildman–Crippen MR) is 103 cm³/mol. The van der Waals surface area contributed by atoms with Gasteiger partial charge >= 0.3 is 0 Å². The summed E-state index contributed by atoms with van der Waals surface area (Å²) >= 11 is 6.33. The minimum atomic E-state index is 0. The molecule has 0 spiro atoms. The van der Waals surface area contributed by atoms with Gasteiger partial charge in [-0.05, 0) is 56.5 Å². The monoisotopic (exact) mass is 379 g/mol. The van der Waals surface area contributed by atoms with E-state index in [1.54, 1.807) is 0 Å². The molecule has 2 aromatic rings. The van der Waals surface area contributed by atoms with Crippen molar-refractivity contribution in [1.82, 2.24) is 14.4 Å². The number of fused-ring (bicyclic) bond motifs is 3. The number of aromatic nitrogens is 1. The van der Waals surface area contributed by atoms with E-state index in [1.165, 1.54) is 31.5 Å². The normalized spacial score (nSPS) is 28.2. The van der Waals surface area contributed by atoms with Crippen molar-refractivity contribution in [3.63, 3.8) is 0 Å². The highest BCUT2D eigenvalue weighted by atomic mass is 35.5. The number of carbonyl (C=O) groups excluding carboxylic acids is 1. The maximum atomic E-state index is 13.4. The largest absolute Gasteiger partial charge is 0.345 e. The zero-order valence-corrected chi connectivity index (χ0v) is 15.9. The molecule has 6 heteroatoms. The maximum absolute atomic E-state index is 13.4. The smallest absolute Gasteiger partial charge is 0.256 e. The molecule has 25 heavy (non-hydrogen) atoms. The van der Waals surface area contributed by atoms with E-state index in [9.17, 15) is 4.79 Å². The summed E-state index contributed by atoms with van der Waals surface area (Å²) in [6.45, 7) is 7.19. The van der Waals surface area contributed by atoms with Gasteiger partial charge < -0.3 is 14.4 Å². The molecule has 0 saturated carbocycles. The topological polar surface area (TPSA) is 28.5 Å². The molecule has 134 valence electrons. The summed E-state index contributed by atoms with van der Waals surface area (Å²) in [7, 11) is 0. The van der Waals surface area contributed by atoms with Gasteiger partial charge in [0.25, 0.3) is 5.91 Å². The highest BCUT2D eigenvalue weighted by molar-refractivity contribution is 6.32. The van der Waals surface area contributed by atoms with E-state index in [0.717, 1.165) is 36.1 Å². The standard InChI is InChI=1S/C19H22ClN3O.ClH/c1-12-10-22-6-7-23(17-11-21-4-2-13(17)3-5-21)19(24)16-9-14(20)8-15(12)18(16)22;/h8-10,13,17H,2-7,11H2,1H3;1H/t17-;/m1./s1. The van der Waals surface area contributed by atoms with Crippen LogP contribution >= 0.6 is 24.0 Å². The van der Waals surface area contributed by atoms with Crippen LogP contribution in [0.2, 0.25) is 5.02 Å². The molecular formula is C19H23Cl2N3O. The average Bonchev–Trinajstić information content (AvgIpc) is 2.84. The fourth-order valence-electron chi connectivity index (χ4n) is 4.99. The fraction of sp³-hybridized carbons (Fsp3) is 0.526. The second-order valence-corrected chi connectivity index (χ2v) is 8.00. The van der Waals surface area contributed by atoms with Crippen molar-refractivity contribution in [1.29, 1.82) is 0 Å². The van der Waals surface area contributed by atoms with Crippen LogP contribution in [0.4, 0.5) is 0 Å². The van der Waals surface area contributed by atoms with E-state index in [2.05, 4.69) is 27.5 Å². The Bertz CT molecular complexity index is 839. The van der Waals surface area contributed by atoms with Crippen LogP contribution in [0, 0.1) is 12.8 Å². The summed E-state index contributed by atoms with van der Waals surface area (Å²) in [5.74, 6) is 0.825. The molecule has 6 rings (SSSR count). The number of amides is 1. The van der Waals surface area contributed by atoms with Crippen LogP contribution < -0.4 is 0 Å². The van der Waals surface area contributed by atoms with Crippen molar-refractivity contribution in [2.24, 2.45) is 5.92 Å². The van der Waals surface area contributed by atoms with Crippen molar-refractivity contribution in [2.75, 3.05) is 26.2 Å². The van der Waals surface area contributed by atoms with E-state index in [4.69, 9.17) is 11.6 Å². The summed E-state index contributed by atoms with van der Waals surface area (Å²) in [4.78, 5) is 18.1. The third-order valence-electron chi connectivity index (χ3n) is 6.23. The van der Waals surface area contributed by atoms with E-state index in [0.29, 0.717) is 17.0 Å². The Labute approximate surface area is 159 Å². The Morgan fingerprint density at radius 2 is 1.88 bits per heavy atom. The number of hydrogen-bond acceptors (Lipinski definition) is 2. The summed E-state index contributed by atoms with van der Waals surface area (Å²) in [6.07, 6.45) is 4.62. The summed E-state index contributed by atoms with van der Waals surface area (Å²) in [6, 6.07) is 4.21. The van der Waals surface area contributed by atoms with Crippen molar-refractivity contribution in [3.05, 3.63) is 34.5 Å². The molecule has 3 saturated heterocycles. The summed E-state index contributed by atoms with van der Waals surface area (Å²) in [5.41, 5.74) is 3.03. The molecule has 5 heterocycles. The molecular weight excluding hydrogens is 357 g/mol. The molecule has 0 unspecified atom stereocenters. The molecule has 0 aliphatic carbocycles. The summed E-state index contributed by atoms with van der Waals surface area (Å²) < 4.78 is 2.25. The zero-order valence-electron chi connectivity index (χ0n) is 14.4. The number of carbonyl (C=O) groups is 1. The lowest BCUT2D eigenvalue weighted by Crippen LogP contribution is -2.58. The molecule has 2 bridgehead atoms. The fourth-order valence-corrected chi connectivity index (χ4v) is 5.21. The highest BCUT2D eigenvalue weighted by Crippen LogP contribution is 2.35. The van der Waals surface area contributed by atoms with Gasteiger partial charge in [-0.3, -0.25) is 4.79 Å². The molecule has 4 nitrogen and oxygen atoms in total. The Hall–Kier alpha value is -1.23. The number of aryl methyl sites for hydroxylation is 1. The van der Waals surface area contributed by atoms with Gasteiger partial charge in [0.05, 0.1) is 11.1 Å². The first-order chi connectivity index (χ1) is 11.6. The van der Waals surface area contributed by atoms with E-state index in [1.807, 2.05) is 12.1 Å². The number of halogens is 2. The van der Waals surface area contributed by atoms with Crippen molar-refractivity contribution in [3.8, 4) is 0 Å². The predicted octanol–water partition coefficient (Wildman–Crippen LogP) is 3.57.